The van der Waals surface area contributed by atoms with Gasteiger partial charge in [0.05, 0.1) is 12.1 Å². The molecule has 0 bridgehead atoms. The van der Waals surface area contributed by atoms with Crippen molar-refractivity contribution in [3.8, 4) is 5.75 Å². The van der Waals surface area contributed by atoms with E-state index < -0.39 is 0 Å². The Labute approximate surface area is 115 Å². The van der Waals surface area contributed by atoms with E-state index in [-0.39, 0.29) is 0 Å². The lowest BCUT2D eigenvalue weighted by molar-refractivity contribution is 0.271. The van der Waals surface area contributed by atoms with Gasteiger partial charge in [0.1, 0.15) is 5.75 Å². The van der Waals surface area contributed by atoms with Crippen molar-refractivity contribution in [2.24, 2.45) is 5.92 Å². The molecule has 0 spiro atoms. The Hall–Kier alpha value is -1.61. The van der Waals surface area contributed by atoms with Crippen molar-refractivity contribution in [3.63, 3.8) is 0 Å². The van der Waals surface area contributed by atoms with Crippen LogP contribution in [0.4, 0.5) is 0 Å². The summed E-state index contributed by atoms with van der Waals surface area (Å²) in [4.78, 5) is 4.64. The number of aryl methyl sites for hydroxylation is 1. The van der Waals surface area contributed by atoms with E-state index in [1.807, 2.05) is 19.2 Å². The summed E-state index contributed by atoms with van der Waals surface area (Å²) < 4.78 is 5.76. The first-order chi connectivity index (χ1) is 9.10. The average Bonchev–Trinajstić information content (AvgIpc) is 2.37. The smallest absolute Gasteiger partial charge is 0.120 e. The molecular formula is C16H22N2O. The van der Waals surface area contributed by atoms with Gasteiger partial charge in [0, 0.05) is 17.6 Å². The summed E-state index contributed by atoms with van der Waals surface area (Å²) in [6, 6.07) is 8.29. The van der Waals surface area contributed by atoms with Gasteiger partial charge in [-0.1, -0.05) is 13.8 Å². The second-order valence-corrected chi connectivity index (χ2v) is 5.32. The van der Waals surface area contributed by atoms with Crippen LogP contribution in [0.1, 0.15) is 25.1 Å². The SMILES string of the molecule is CNCc1cc2cc(OCC(C)C)ccc2nc1C. The van der Waals surface area contributed by atoms with Crippen molar-refractivity contribution in [2.75, 3.05) is 13.7 Å². The van der Waals surface area contributed by atoms with Crippen LogP contribution in [0.15, 0.2) is 24.3 Å². The van der Waals surface area contributed by atoms with Gasteiger partial charge in [-0.25, -0.2) is 0 Å². The maximum atomic E-state index is 5.76. The van der Waals surface area contributed by atoms with Crippen molar-refractivity contribution in [2.45, 2.75) is 27.3 Å². The summed E-state index contributed by atoms with van der Waals surface area (Å²) in [6.07, 6.45) is 0. The van der Waals surface area contributed by atoms with E-state index in [9.17, 15) is 0 Å². The number of aromatic nitrogens is 1. The van der Waals surface area contributed by atoms with Crippen LogP contribution in [0.2, 0.25) is 0 Å². The molecule has 0 aliphatic rings. The van der Waals surface area contributed by atoms with Crippen LogP contribution in [-0.2, 0) is 6.54 Å². The highest BCUT2D eigenvalue weighted by atomic mass is 16.5. The minimum absolute atomic E-state index is 0.534. The number of hydrogen-bond donors (Lipinski definition) is 1. The van der Waals surface area contributed by atoms with Gasteiger partial charge in [-0.05, 0) is 49.7 Å². The van der Waals surface area contributed by atoms with Crippen molar-refractivity contribution < 1.29 is 4.74 Å². The van der Waals surface area contributed by atoms with Crippen molar-refractivity contribution in [1.82, 2.24) is 10.3 Å². The third-order valence-corrected chi connectivity index (χ3v) is 3.03. The first-order valence-electron chi connectivity index (χ1n) is 6.78. The predicted molar refractivity (Wildman–Crippen MR) is 79.6 cm³/mol. The van der Waals surface area contributed by atoms with Crippen molar-refractivity contribution in [3.05, 3.63) is 35.5 Å². The summed E-state index contributed by atoms with van der Waals surface area (Å²) in [6.45, 7) is 7.93. The standard InChI is InChI=1S/C16H22N2O/c1-11(2)10-19-15-5-6-16-13(8-15)7-14(9-17-4)12(3)18-16/h5-8,11,17H,9-10H2,1-4H3. The third kappa shape index (κ3) is 3.44. The Morgan fingerprint density at radius 3 is 2.74 bits per heavy atom. The van der Waals surface area contributed by atoms with E-state index in [4.69, 9.17) is 4.74 Å². The molecule has 0 saturated heterocycles. The highest BCUT2D eigenvalue weighted by molar-refractivity contribution is 5.81. The van der Waals surface area contributed by atoms with Crippen LogP contribution < -0.4 is 10.1 Å². The number of benzene rings is 1. The molecule has 0 aliphatic carbocycles. The fraction of sp³-hybridized carbons (Fsp3) is 0.438. The fourth-order valence-corrected chi connectivity index (χ4v) is 2.02. The molecule has 0 atom stereocenters. The van der Waals surface area contributed by atoms with Crippen LogP contribution in [-0.4, -0.2) is 18.6 Å². The summed E-state index contributed by atoms with van der Waals surface area (Å²) >= 11 is 0. The maximum absolute atomic E-state index is 5.76. The van der Waals surface area contributed by atoms with Crippen LogP contribution in [0.5, 0.6) is 5.75 Å². The van der Waals surface area contributed by atoms with E-state index >= 15 is 0 Å². The van der Waals surface area contributed by atoms with E-state index in [2.05, 4.69) is 43.2 Å². The fourth-order valence-electron chi connectivity index (χ4n) is 2.02. The molecule has 19 heavy (non-hydrogen) atoms. The molecule has 0 unspecified atom stereocenters. The number of rotatable bonds is 5. The van der Waals surface area contributed by atoms with Crippen molar-refractivity contribution >= 4 is 10.9 Å². The summed E-state index contributed by atoms with van der Waals surface area (Å²) in [5, 5.41) is 4.31. The average molecular weight is 258 g/mol. The molecule has 1 aromatic heterocycles. The number of hydrogen-bond acceptors (Lipinski definition) is 3. The molecule has 102 valence electrons. The van der Waals surface area contributed by atoms with Gasteiger partial charge >= 0.3 is 0 Å². The molecule has 0 amide bonds. The Balaban J connectivity index is 2.32. The maximum Gasteiger partial charge on any atom is 0.120 e. The molecule has 1 aromatic carbocycles. The Bertz CT molecular complexity index is 564. The largest absolute Gasteiger partial charge is 0.493 e. The molecule has 2 rings (SSSR count). The highest BCUT2D eigenvalue weighted by Crippen LogP contribution is 2.22. The van der Waals surface area contributed by atoms with Gasteiger partial charge in [-0.3, -0.25) is 4.98 Å². The molecular weight excluding hydrogens is 236 g/mol. The lowest BCUT2D eigenvalue weighted by Gasteiger charge is -2.11. The van der Waals surface area contributed by atoms with Gasteiger partial charge in [-0.2, -0.15) is 0 Å². The first kappa shape index (κ1) is 13.8. The molecule has 0 aliphatic heterocycles. The second kappa shape index (κ2) is 6.02. The zero-order chi connectivity index (χ0) is 13.8. The number of nitrogens with zero attached hydrogens (tertiary/aromatic N) is 1. The monoisotopic (exact) mass is 258 g/mol. The lowest BCUT2D eigenvalue weighted by atomic mass is 10.1. The highest BCUT2D eigenvalue weighted by Gasteiger charge is 2.04. The number of pyridine rings is 1. The first-order valence-corrected chi connectivity index (χ1v) is 6.78. The van der Waals surface area contributed by atoms with Crippen molar-refractivity contribution in [1.29, 1.82) is 0 Å². The van der Waals surface area contributed by atoms with Gasteiger partial charge in [0.25, 0.3) is 0 Å². The number of nitrogens with one attached hydrogen (secondary N) is 1. The zero-order valence-electron chi connectivity index (χ0n) is 12.2. The summed E-state index contributed by atoms with van der Waals surface area (Å²) in [5.74, 6) is 1.45. The molecule has 1 N–H and O–H groups in total. The quantitative estimate of drug-likeness (QED) is 0.893. The molecule has 0 fully saturated rings. The molecule has 0 saturated carbocycles. The van der Waals surface area contributed by atoms with E-state index in [1.165, 1.54) is 5.56 Å². The van der Waals surface area contributed by atoms with E-state index in [1.54, 1.807) is 0 Å². The summed E-state index contributed by atoms with van der Waals surface area (Å²) in [7, 11) is 1.95. The Kier molecular flexibility index (Phi) is 4.38. The molecule has 3 nitrogen and oxygen atoms in total. The minimum atomic E-state index is 0.534. The normalized spacial score (nSPS) is 11.2. The third-order valence-electron chi connectivity index (χ3n) is 3.03. The summed E-state index contributed by atoms with van der Waals surface area (Å²) in [5.41, 5.74) is 3.34. The van der Waals surface area contributed by atoms with Crippen LogP contribution in [0.3, 0.4) is 0 Å². The Morgan fingerprint density at radius 2 is 2.05 bits per heavy atom. The zero-order valence-corrected chi connectivity index (χ0v) is 12.2. The molecule has 2 aromatic rings. The van der Waals surface area contributed by atoms with Crippen LogP contribution in [0.25, 0.3) is 10.9 Å². The predicted octanol–water partition coefficient (Wildman–Crippen LogP) is 3.30. The molecule has 1 heterocycles. The van der Waals surface area contributed by atoms with Crippen LogP contribution in [0, 0.1) is 12.8 Å². The van der Waals surface area contributed by atoms with Gasteiger partial charge < -0.3 is 10.1 Å². The number of ether oxygens (including phenoxy) is 1. The van der Waals surface area contributed by atoms with Gasteiger partial charge in [0.15, 0.2) is 0 Å². The molecule has 3 heteroatoms. The van der Waals surface area contributed by atoms with Crippen LogP contribution >= 0.6 is 0 Å². The van der Waals surface area contributed by atoms with Gasteiger partial charge in [-0.15, -0.1) is 0 Å². The lowest BCUT2D eigenvalue weighted by Crippen LogP contribution is -2.07. The Morgan fingerprint density at radius 1 is 1.26 bits per heavy atom. The second-order valence-electron chi connectivity index (χ2n) is 5.32. The topological polar surface area (TPSA) is 34.1 Å². The minimum Gasteiger partial charge on any atom is -0.493 e. The van der Waals surface area contributed by atoms with E-state index in [0.29, 0.717) is 5.92 Å². The van der Waals surface area contributed by atoms with E-state index in [0.717, 1.165) is 35.5 Å². The van der Waals surface area contributed by atoms with Gasteiger partial charge in [0.2, 0.25) is 0 Å². The molecule has 0 radical (unpaired) electrons. The number of fused-ring (bicyclic) bond motifs is 1.